The Kier molecular flexibility index (Phi) is 6.11. The van der Waals surface area contributed by atoms with E-state index in [1.165, 1.54) is 17.0 Å². The fourth-order valence-corrected chi connectivity index (χ4v) is 4.28. The van der Waals surface area contributed by atoms with Gasteiger partial charge < -0.3 is 10.2 Å². The highest BCUT2D eigenvalue weighted by molar-refractivity contribution is 7.09. The van der Waals surface area contributed by atoms with Gasteiger partial charge in [-0.2, -0.15) is 5.10 Å². The van der Waals surface area contributed by atoms with Crippen molar-refractivity contribution in [1.82, 2.24) is 25.0 Å². The second-order valence-electron chi connectivity index (χ2n) is 7.67. The van der Waals surface area contributed by atoms with Crippen molar-refractivity contribution in [3.05, 3.63) is 81.6 Å². The molecule has 0 radical (unpaired) electrons. The van der Waals surface area contributed by atoms with Crippen LogP contribution in [0.25, 0.3) is 11.0 Å². The van der Waals surface area contributed by atoms with Gasteiger partial charge in [0.1, 0.15) is 5.82 Å². The van der Waals surface area contributed by atoms with Crippen LogP contribution in [0.15, 0.2) is 54.0 Å². The zero-order chi connectivity index (χ0) is 22.0. The molecule has 3 heterocycles. The van der Waals surface area contributed by atoms with E-state index in [1.54, 1.807) is 35.7 Å². The number of fused-ring (bicyclic) bond motifs is 1. The van der Waals surface area contributed by atoms with Gasteiger partial charge in [-0.25, -0.2) is 14.1 Å². The maximum absolute atomic E-state index is 13.3. The van der Waals surface area contributed by atoms with E-state index in [0.29, 0.717) is 24.3 Å². The summed E-state index contributed by atoms with van der Waals surface area (Å²) in [5.41, 5.74) is 2.94. The maximum Gasteiger partial charge on any atom is 0.252 e. The molecule has 1 N–H and O–H groups in total. The van der Waals surface area contributed by atoms with Crippen molar-refractivity contribution in [3.8, 4) is 0 Å². The molecule has 6 nitrogen and oxygen atoms in total. The van der Waals surface area contributed by atoms with Crippen LogP contribution in [0.5, 0.6) is 0 Å². The molecule has 4 aromatic rings. The van der Waals surface area contributed by atoms with Crippen molar-refractivity contribution in [2.24, 2.45) is 0 Å². The lowest BCUT2D eigenvalue weighted by molar-refractivity contribution is 0.0943. The molecule has 1 amide bonds. The van der Waals surface area contributed by atoms with Crippen molar-refractivity contribution in [2.45, 2.75) is 19.5 Å². The lowest BCUT2D eigenvalue weighted by atomic mass is 10.1. The zero-order valence-corrected chi connectivity index (χ0v) is 18.5. The van der Waals surface area contributed by atoms with E-state index < -0.39 is 0 Å². The van der Waals surface area contributed by atoms with Crippen molar-refractivity contribution in [3.63, 3.8) is 0 Å². The minimum absolute atomic E-state index is 0.0791. The number of likely N-dealkylation sites (N-methyl/N-ethyl adjacent to an activating group) is 1. The van der Waals surface area contributed by atoms with Gasteiger partial charge in [0, 0.05) is 17.1 Å². The van der Waals surface area contributed by atoms with Gasteiger partial charge in [-0.15, -0.1) is 11.3 Å². The molecular formula is C23H24FN5OS. The van der Waals surface area contributed by atoms with Crippen LogP contribution in [0.3, 0.4) is 0 Å². The van der Waals surface area contributed by atoms with Crippen LogP contribution in [0.1, 0.15) is 32.5 Å². The number of carbonyl (C=O) groups is 1. The van der Waals surface area contributed by atoms with Gasteiger partial charge in [0.05, 0.1) is 29.7 Å². The van der Waals surface area contributed by atoms with E-state index in [4.69, 9.17) is 0 Å². The Labute approximate surface area is 184 Å². The molecule has 1 unspecified atom stereocenters. The molecule has 0 aliphatic heterocycles. The molecule has 0 saturated heterocycles. The van der Waals surface area contributed by atoms with Gasteiger partial charge in [0.15, 0.2) is 5.65 Å². The number of pyridine rings is 1. The average Bonchev–Trinajstić information content (AvgIpc) is 3.39. The minimum atomic E-state index is -0.278. The molecule has 0 bridgehead atoms. The molecule has 1 atom stereocenters. The van der Waals surface area contributed by atoms with E-state index in [-0.39, 0.29) is 17.8 Å². The molecule has 0 saturated carbocycles. The SMILES string of the molecule is Cc1cc(C(=O)NCC(c2ccc(F)cc2)N(C)C)c2cnn(Cc3cccs3)c2n1. The van der Waals surface area contributed by atoms with Gasteiger partial charge in [-0.1, -0.05) is 18.2 Å². The third-order valence-corrected chi connectivity index (χ3v) is 6.06. The monoisotopic (exact) mass is 437 g/mol. The van der Waals surface area contributed by atoms with E-state index >= 15 is 0 Å². The minimum Gasteiger partial charge on any atom is -0.350 e. The summed E-state index contributed by atoms with van der Waals surface area (Å²) >= 11 is 1.66. The Balaban J connectivity index is 1.57. The van der Waals surface area contributed by atoms with Crippen molar-refractivity contribution in [1.29, 1.82) is 0 Å². The van der Waals surface area contributed by atoms with Gasteiger partial charge in [0.25, 0.3) is 5.91 Å². The first-order valence-electron chi connectivity index (χ1n) is 9.98. The molecule has 160 valence electrons. The fraction of sp³-hybridized carbons (Fsp3) is 0.261. The second-order valence-corrected chi connectivity index (χ2v) is 8.70. The quantitative estimate of drug-likeness (QED) is 0.474. The number of nitrogens with zero attached hydrogens (tertiary/aromatic N) is 4. The summed E-state index contributed by atoms with van der Waals surface area (Å²) in [7, 11) is 3.87. The van der Waals surface area contributed by atoms with Crippen LogP contribution in [0, 0.1) is 12.7 Å². The highest BCUT2D eigenvalue weighted by atomic mass is 32.1. The zero-order valence-electron chi connectivity index (χ0n) is 17.7. The lowest BCUT2D eigenvalue weighted by Crippen LogP contribution is -2.34. The molecule has 0 spiro atoms. The molecule has 8 heteroatoms. The van der Waals surface area contributed by atoms with Crippen LogP contribution in [-0.2, 0) is 6.54 Å². The van der Waals surface area contributed by atoms with Gasteiger partial charge in [0.2, 0.25) is 0 Å². The fourth-order valence-electron chi connectivity index (χ4n) is 3.59. The van der Waals surface area contributed by atoms with Crippen molar-refractivity contribution >= 4 is 28.3 Å². The lowest BCUT2D eigenvalue weighted by Gasteiger charge is -2.25. The standard InChI is InChI=1S/C23H24FN5OS/c1-15-11-19(20-12-26-29(22(20)27-15)14-18-5-4-10-31-18)23(30)25-13-21(28(2)3)16-6-8-17(24)9-7-16/h4-12,21H,13-14H2,1-3H3,(H,25,30). The summed E-state index contributed by atoms with van der Waals surface area (Å²) in [5.74, 6) is -0.459. The molecule has 0 fully saturated rings. The number of hydrogen-bond donors (Lipinski definition) is 1. The van der Waals surface area contributed by atoms with Gasteiger partial charge in [-0.3, -0.25) is 4.79 Å². The van der Waals surface area contributed by atoms with E-state index in [2.05, 4.69) is 21.5 Å². The van der Waals surface area contributed by atoms with Crippen LogP contribution in [0.4, 0.5) is 4.39 Å². The average molecular weight is 438 g/mol. The molecular weight excluding hydrogens is 413 g/mol. The number of aromatic nitrogens is 3. The summed E-state index contributed by atoms with van der Waals surface area (Å²) < 4.78 is 15.1. The van der Waals surface area contributed by atoms with Crippen molar-refractivity contribution in [2.75, 3.05) is 20.6 Å². The number of thiophene rings is 1. The molecule has 0 aliphatic rings. The first kappa shape index (κ1) is 21.1. The predicted molar refractivity (Wildman–Crippen MR) is 121 cm³/mol. The summed E-state index contributed by atoms with van der Waals surface area (Å²) in [6.45, 7) is 2.88. The Morgan fingerprint density at radius 3 is 2.71 bits per heavy atom. The number of benzene rings is 1. The summed E-state index contributed by atoms with van der Waals surface area (Å²) in [6, 6.07) is 12.1. The number of halogens is 1. The molecule has 31 heavy (non-hydrogen) atoms. The summed E-state index contributed by atoms with van der Waals surface area (Å²) in [6.07, 6.45) is 1.70. The Morgan fingerprint density at radius 2 is 2.03 bits per heavy atom. The second kappa shape index (κ2) is 8.95. The van der Waals surface area contributed by atoms with Crippen molar-refractivity contribution < 1.29 is 9.18 Å². The van der Waals surface area contributed by atoms with Crippen LogP contribution in [-0.4, -0.2) is 46.2 Å². The number of carbonyl (C=O) groups excluding carboxylic acids is 1. The topological polar surface area (TPSA) is 63.1 Å². The highest BCUT2D eigenvalue weighted by Crippen LogP contribution is 2.22. The van der Waals surface area contributed by atoms with E-state index in [1.807, 2.05) is 42.0 Å². The predicted octanol–water partition coefficient (Wildman–Crippen LogP) is 4.02. The Morgan fingerprint density at radius 1 is 1.26 bits per heavy atom. The first-order valence-corrected chi connectivity index (χ1v) is 10.9. The number of nitrogens with one attached hydrogen (secondary N) is 1. The summed E-state index contributed by atoms with van der Waals surface area (Å²) in [5, 5.41) is 10.3. The number of hydrogen-bond acceptors (Lipinski definition) is 5. The van der Waals surface area contributed by atoms with Crippen LogP contribution < -0.4 is 5.32 Å². The third kappa shape index (κ3) is 4.65. The molecule has 4 rings (SSSR count). The van der Waals surface area contributed by atoms with Crippen LogP contribution in [0.2, 0.25) is 0 Å². The molecule has 3 aromatic heterocycles. The van der Waals surface area contributed by atoms with Crippen LogP contribution >= 0.6 is 11.3 Å². The maximum atomic E-state index is 13.3. The Bertz CT molecular complexity index is 1180. The largest absolute Gasteiger partial charge is 0.350 e. The van der Waals surface area contributed by atoms with E-state index in [0.717, 1.165) is 16.6 Å². The highest BCUT2D eigenvalue weighted by Gasteiger charge is 2.19. The van der Waals surface area contributed by atoms with Gasteiger partial charge >= 0.3 is 0 Å². The normalized spacial score (nSPS) is 12.4. The number of amides is 1. The van der Waals surface area contributed by atoms with E-state index in [9.17, 15) is 9.18 Å². The van der Waals surface area contributed by atoms with Gasteiger partial charge in [-0.05, 0) is 56.2 Å². The first-order chi connectivity index (χ1) is 14.9. The number of rotatable bonds is 7. The third-order valence-electron chi connectivity index (χ3n) is 5.20. The Hall–Kier alpha value is -3.10. The number of aryl methyl sites for hydroxylation is 1. The molecule has 1 aromatic carbocycles. The summed E-state index contributed by atoms with van der Waals surface area (Å²) in [4.78, 5) is 20.9. The smallest absolute Gasteiger partial charge is 0.252 e. The molecule has 0 aliphatic carbocycles.